The summed E-state index contributed by atoms with van der Waals surface area (Å²) in [7, 11) is 4.33. The number of pyridine rings is 1. The summed E-state index contributed by atoms with van der Waals surface area (Å²) < 4.78 is 101. The van der Waals surface area contributed by atoms with Gasteiger partial charge >= 0.3 is 12.4 Å². The van der Waals surface area contributed by atoms with E-state index in [1.807, 2.05) is 6.07 Å². The molecule has 2 aromatic carbocycles. The van der Waals surface area contributed by atoms with Gasteiger partial charge in [-0.3, -0.25) is 9.78 Å². The second kappa shape index (κ2) is 11.6. The highest BCUT2D eigenvalue weighted by molar-refractivity contribution is 5.94. The highest BCUT2D eigenvalue weighted by Crippen LogP contribution is 2.38. The Morgan fingerprint density at radius 2 is 1.70 bits per heavy atom. The van der Waals surface area contributed by atoms with Gasteiger partial charge in [0.05, 0.1) is 44.7 Å². The first-order chi connectivity index (χ1) is 20.6. The van der Waals surface area contributed by atoms with Crippen LogP contribution in [0.2, 0.25) is 0 Å². The zero-order chi connectivity index (χ0) is 31.9. The molecule has 14 heteroatoms. The van der Waals surface area contributed by atoms with E-state index in [4.69, 9.17) is 4.42 Å². The molecule has 232 valence electrons. The van der Waals surface area contributed by atoms with Crippen LogP contribution in [0.1, 0.15) is 40.5 Å². The lowest BCUT2D eigenvalue weighted by atomic mass is 10.00. The maximum atomic E-state index is 13.7. The van der Waals surface area contributed by atoms with Gasteiger partial charge in [0, 0.05) is 24.2 Å². The highest BCUT2D eigenvalue weighted by atomic mass is 19.4. The Morgan fingerprint density at radius 1 is 0.977 bits per heavy atom. The van der Waals surface area contributed by atoms with Crippen molar-refractivity contribution in [1.82, 2.24) is 15.2 Å². The van der Waals surface area contributed by atoms with Crippen LogP contribution in [-0.4, -0.2) is 52.8 Å². The fourth-order valence-corrected chi connectivity index (χ4v) is 5.26. The quantitative estimate of drug-likeness (QED) is 0.171. The number of anilines is 1. The maximum absolute atomic E-state index is 13.7. The molecule has 2 aromatic heterocycles. The van der Waals surface area contributed by atoms with Gasteiger partial charge < -0.3 is 13.8 Å². The van der Waals surface area contributed by atoms with Crippen molar-refractivity contribution in [3.8, 4) is 11.6 Å². The van der Waals surface area contributed by atoms with Gasteiger partial charge in [0.2, 0.25) is 11.8 Å². The molecular weight excluding hydrogens is 595 g/mol. The van der Waals surface area contributed by atoms with Crippen LogP contribution in [0.5, 0.6) is 0 Å². The molecule has 1 atom stereocenters. The zero-order valence-electron chi connectivity index (χ0n) is 23.6. The number of hydrogen-bond donors (Lipinski definition) is 0. The summed E-state index contributed by atoms with van der Waals surface area (Å²) >= 11 is 0. The first kappa shape index (κ1) is 31.1. The number of carbonyl (C=O) groups excluding carboxylic acids is 1. The summed E-state index contributed by atoms with van der Waals surface area (Å²) in [6.07, 6.45) is -8.31. The molecule has 1 aliphatic rings. The molecule has 5 rings (SSSR count). The van der Waals surface area contributed by atoms with Crippen molar-refractivity contribution >= 4 is 11.6 Å². The third kappa shape index (κ3) is 7.07. The van der Waals surface area contributed by atoms with Crippen LogP contribution in [0.25, 0.3) is 11.6 Å². The molecule has 44 heavy (non-hydrogen) atoms. The van der Waals surface area contributed by atoms with Crippen molar-refractivity contribution < 1.29 is 44.4 Å². The van der Waals surface area contributed by atoms with Gasteiger partial charge in [-0.25, -0.2) is 4.39 Å². The Bertz CT molecular complexity index is 1630. The lowest BCUT2D eigenvalue weighted by Crippen LogP contribution is -2.36. The lowest BCUT2D eigenvalue weighted by Gasteiger charge is -2.23. The standard InChI is InChI=1S/C30H27F7N5O2/c1-42(2)12-11-20(17-42)19-4-10-25(38-15-19)28-40-39-26(44-28)16-41(23-8-6-22(31)7-9-23)27(43)13-18-3-5-21(29(32,33)34)14-24(18)30(35,36)37/h3-10,14-15,20H,11-13,16-17H2,1-2H3/q+1. The third-order valence-electron chi connectivity index (χ3n) is 7.56. The summed E-state index contributed by atoms with van der Waals surface area (Å²) in [5.41, 5.74) is -2.21. The number of amides is 1. The molecule has 0 saturated carbocycles. The molecule has 7 nitrogen and oxygen atoms in total. The minimum Gasteiger partial charge on any atom is -0.417 e. The molecule has 4 aromatic rings. The monoisotopic (exact) mass is 622 g/mol. The number of nitrogens with zero attached hydrogens (tertiary/aromatic N) is 5. The molecule has 0 N–H and O–H groups in total. The molecule has 0 spiro atoms. The fourth-order valence-electron chi connectivity index (χ4n) is 5.26. The maximum Gasteiger partial charge on any atom is 0.416 e. The van der Waals surface area contributed by atoms with Crippen LogP contribution < -0.4 is 4.90 Å². The van der Waals surface area contributed by atoms with Crippen molar-refractivity contribution in [3.05, 3.63) is 94.8 Å². The Morgan fingerprint density at radius 3 is 2.30 bits per heavy atom. The van der Waals surface area contributed by atoms with Crippen molar-refractivity contribution in [1.29, 1.82) is 0 Å². The zero-order valence-corrected chi connectivity index (χ0v) is 23.6. The first-order valence-electron chi connectivity index (χ1n) is 13.5. The van der Waals surface area contributed by atoms with Crippen molar-refractivity contribution in [2.45, 2.75) is 37.7 Å². The number of benzene rings is 2. The topological polar surface area (TPSA) is 72.1 Å². The molecule has 1 amide bonds. The van der Waals surface area contributed by atoms with E-state index >= 15 is 0 Å². The number of quaternary nitrogens is 1. The molecule has 1 aliphatic heterocycles. The second-order valence-electron chi connectivity index (χ2n) is 11.3. The predicted octanol–water partition coefficient (Wildman–Crippen LogP) is 6.65. The molecular formula is C30H27F7N5O2+. The van der Waals surface area contributed by atoms with Gasteiger partial charge in [0.25, 0.3) is 5.89 Å². The number of carbonyl (C=O) groups is 1. The number of alkyl halides is 6. The SMILES string of the molecule is C[N+]1(C)CCC(c2ccc(-c3nnc(CN(C(=O)Cc4ccc(C(F)(F)F)cc4C(F)(F)F)c4ccc(F)cc4)o3)nc2)C1. The van der Waals surface area contributed by atoms with E-state index in [9.17, 15) is 35.5 Å². The number of hydrogen-bond acceptors (Lipinski definition) is 5. The van der Waals surface area contributed by atoms with Gasteiger partial charge in [-0.1, -0.05) is 12.1 Å². The highest BCUT2D eigenvalue weighted by Gasteiger charge is 2.39. The smallest absolute Gasteiger partial charge is 0.416 e. The van der Waals surface area contributed by atoms with Gasteiger partial charge in [-0.15, -0.1) is 10.2 Å². The van der Waals surface area contributed by atoms with Crippen molar-refractivity contribution in [2.24, 2.45) is 0 Å². The van der Waals surface area contributed by atoms with E-state index < -0.39 is 53.7 Å². The number of likely N-dealkylation sites (N-methyl/N-ethyl adjacent to an activating group) is 1. The minimum absolute atomic E-state index is 0.0277. The molecule has 0 bridgehead atoms. The van der Waals surface area contributed by atoms with E-state index in [0.29, 0.717) is 23.7 Å². The largest absolute Gasteiger partial charge is 0.417 e. The number of rotatable bonds is 7. The molecule has 1 fully saturated rings. The summed E-state index contributed by atoms with van der Waals surface area (Å²) in [6, 6.07) is 9.29. The number of likely N-dealkylation sites (tertiary alicyclic amines) is 1. The van der Waals surface area contributed by atoms with Gasteiger partial charge in [-0.05, 0) is 53.6 Å². The molecule has 3 heterocycles. The van der Waals surface area contributed by atoms with Gasteiger partial charge in [0.1, 0.15) is 18.1 Å². The molecule has 0 radical (unpaired) electrons. The van der Waals surface area contributed by atoms with Crippen LogP contribution in [0.3, 0.4) is 0 Å². The van der Waals surface area contributed by atoms with Crippen molar-refractivity contribution in [2.75, 3.05) is 32.1 Å². The summed E-state index contributed by atoms with van der Waals surface area (Å²) in [5.74, 6) is -1.24. The Hall–Kier alpha value is -4.33. The number of halogens is 7. The van der Waals surface area contributed by atoms with Crippen LogP contribution in [0.15, 0.2) is 65.2 Å². The summed E-state index contributed by atoms with van der Waals surface area (Å²) in [6.45, 7) is 1.63. The average molecular weight is 623 g/mol. The van der Waals surface area contributed by atoms with E-state index in [0.717, 1.165) is 46.6 Å². The minimum atomic E-state index is -5.16. The third-order valence-corrected chi connectivity index (χ3v) is 7.56. The molecule has 1 unspecified atom stereocenters. The predicted molar refractivity (Wildman–Crippen MR) is 144 cm³/mol. The van der Waals surface area contributed by atoms with Crippen LogP contribution in [-0.2, 0) is 30.1 Å². The first-order valence-corrected chi connectivity index (χ1v) is 13.5. The van der Waals surface area contributed by atoms with Gasteiger partial charge in [0.15, 0.2) is 0 Å². The van der Waals surface area contributed by atoms with E-state index in [2.05, 4.69) is 29.3 Å². The average Bonchev–Trinajstić information content (AvgIpc) is 3.57. The van der Waals surface area contributed by atoms with Crippen LogP contribution in [0, 0.1) is 5.82 Å². The molecule has 1 saturated heterocycles. The Kier molecular flexibility index (Phi) is 8.23. The van der Waals surface area contributed by atoms with Crippen LogP contribution >= 0.6 is 0 Å². The second-order valence-corrected chi connectivity index (χ2v) is 11.3. The van der Waals surface area contributed by atoms with Crippen molar-refractivity contribution in [3.63, 3.8) is 0 Å². The van der Waals surface area contributed by atoms with E-state index in [-0.39, 0.29) is 23.5 Å². The molecule has 0 aliphatic carbocycles. The summed E-state index contributed by atoms with van der Waals surface area (Å²) in [5, 5.41) is 7.93. The fraction of sp³-hybridized carbons (Fsp3) is 0.333. The van der Waals surface area contributed by atoms with E-state index in [1.54, 1.807) is 12.3 Å². The Balaban J connectivity index is 1.39. The normalized spacial score (nSPS) is 16.7. The van der Waals surface area contributed by atoms with Gasteiger partial charge in [-0.2, -0.15) is 26.3 Å². The van der Waals surface area contributed by atoms with E-state index in [1.165, 1.54) is 12.1 Å². The lowest BCUT2D eigenvalue weighted by molar-refractivity contribution is -0.878. The number of aromatic nitrogens is 3. The Labute approximate surface area is 247 Å². The summed E-state index contributed by atoms with van der Waals surface area (Å²) in [4.78, 5) is 18.8. The van der Waals surface area contributed by atoms with Crippen LogP contribution in [0.4, 0.5) is 36.4 Å².